The van der Waals surface area contributed by atoms with Crippen LogP contribution in [0.25, 0.3) is 0 Å². The third-order valence-electron chi connectivity index (χ3n) is 3.01. The Bertz CT molecular complexity index is 646. The molecule has 2 aromatic rings. The zero-order valence-corrected chi connectivity index (χ0v) is 10.2. The molecule has 2 heterocycles. The number of ether oxygens (including phenoxy) is 1. The molecule has 0 fully saturated rings. The molecule has 0 saturated heterocycles. The lowest BCUT2D eigenvalue weighted by Crippen LogP contribution is -2.14. The number of rotatable bonds is 1. The van der Waals surface area contributed by atoms with Crippen LogP contribution in [0.2, 0.25) is 0 Å². The molecule has 1 aromatic heterocycles. The lowest BCUT2D eigenvalue weighted by atomic mass is 9.92. The van der Waals surface area contributed by atoms with Gasteiger partial charge in [0.1, 0.15) is 11.5 Å². The van der Waals surface area contributed by atoms with E-state index >= 15 is 0 Å². The molecule has 0 saturated carbocycles. The van der Waals surface area contributed by atoms with Crippen molar-refractivity contribution in [2.45, 2.75) is 12.3 Å². The summed E-state index contributed by atoms with van der Waals surface area (Å²) in [5, 5.41) is 19.1. The second kappa shape index (κ2) is 4.06. The Hall–Kier alpha value is -1.95. The molecule has 3 rings (SSSR count). The summed E-state index contributed by atoms with van der Waals surface area (Å²) in [4.78, 5) is 14.0. The minimum atomic E-state index is -0.269. The van der Waals surface area contributed by atoms with Gasteiger partial charge in [-0.2, -0.15) is 0 Å². The average Bonchev–Trinajstić information content (AvgIpc) is 2.67. The Labute approximate surface area is 106 Å². The van der Waals surface area contributed by atoms with Crippen LogP contribution in [-0.2, 0) is 0 Å². The SMILES string of the molecule is O=c1[nH]c(O)c([C@@H]2CCOc3cc(O)ccc32)s1. The molecule has 0 unspecified atom stereocenters. The Morgan fingerprint density at radius 2 is 2.22 bits per heavy atom. The highest BCUT2D eigenvalue weighted by Gasteiger charge is 2.27. The molecule has 1 aliphatic rings. The van der Waals surface area contributed by atoms with Crippen molar-refractivity contribution in [3.8, 4) is 17.4 Å². The molecular formula is C12H11NO4S. The van der Waals surface area contributed by atoms with Crippen molar-refractivity contribution in [1.82, 2.24) is 4.98 Å². The minimum absolute atomic E-state index is 0.0710. The molecule has 1 aromatic carbocycles. The maximum absolute atomic E-state index is 11.3. The van der Waals surface area contributed by atoms with Crippen molar-refractivity contribution in [3.63, 3.8) is 0 Å². The molecule has 0 radical (unpaired) electrons. The molecular weight excluding hydrogens is 254 g/mol. The van der Waals surface area contributed by atoms with Gasteiger partial charge in [0.15, 0.2) is 0 Å². The van der Waals surface area contributed by atoms with Gasteiger partial charge in [0.05, 0.1) is 11.5 Å². The molecule has 1 aliphatic heterocycles. The first-order chi connectivity index (χ1) is 8.65. The number of benzene rings is 1. The molecule has 0 spiro atoms. The van der Waals surface area contributed by atoms with Gasteiger partial charge < -0.3 is 14.9 Å². The van der Waals surface area contributed by atoms with E-state index in [1.165, 1.54) is 0 Å². The van der Waals surface area contributed by atoms with E-state index in [0.29, 0.717) is 23.7 Å². The number of phenolic OH excluding ortho intramolecular Hbond substituents is 1. The second-order valence-electron chi connectivity index (χ2n) is 4.14. The van der Waals surface area contributed by atoms with Crippen LogP contribution in [-0.4, -0.2) is 21.8 Å². The Balaban J connectivity index is 2.11. The largest absolute Gasteiger partial charge is 0.508 e. The fraction of sp³-hybridized carbons (Fsp3) is 0.250. The smallest absolute Gasteiger partial charge is 0.307 e. The zero-order valence-electron chi connectivity index (χ0n) is 9.34. The Kier molecular flexibility index (Phi) is 2.52. The third-order valence-corrected chi connectivity index (χ3v) is 3.99. The van der Waals surface area contributed by atoms with E-state index < -0.39 is 0 Å². The summed E-state index contributed by atoms with van der Waals surface area (Å²) in [6, 6.07) is 4.89. The van der Waals surface area contributed by atoms with E-state index in [9.17, 15) is 15.0 Å². The van der Waals surface area contributed by atoms with Gasteiger partial charge in [-0.3, -0.25) is 9.78 Å². The van der Waals surface area contributed by atoms with Gasteiger partial charge in [-0.05, 0) is 12.5 Å². The number of aromatic nitrogens is 1. The average molecular weight is 265 g/mol. The summed E-state index contributed by atoms with van der Waals surface area (Å²) in [5.74, 6) is 0.599. The minimum Gasteiger partial charge on any atom is -0.508 e. The van der Waals surface area contributed by atoms with Crippen molar-refractivity contribution in [3.05, 3.63) is 38.3 Å². The van der Waals surface area contributed by atoms with Crippen LogP contribution in [0.3, 0.4) is 0 Å². The normalized spacial score (nSPS) is 18.1. The van der Waals surface area contributed by atoms with Crippen LogP contribution < -0.4 is 9.61 Å². The quantitative estimate of drug-likeness (QED) is 0.733. The van der Waals surface area contributed by atoms with Gasteiger partial charge in [-0.1, -0.05) is 17.4 Å². The van der Waals surface area contributed by atoms with Crippen LogP contribution >= 0.6 is 11.3 Å². The topological polar surface area (TPSA) is 82.6 Å². The fourth-order valence-electron chi connectivity index (χ4n) is 2.22. The lowest BCUT2D eigenvalue weighted by Gasteiger charge is -2.25. The van der Waals surface area contributed by atoms with Crippen molar-refractivity contribution in [1.29, 1.82) is 0 Å². The number of nitrogens with one attached hydrogen (secondary N) is 1. The van der Waals surface area contributed by atoms with Crippen molar-refractivity contribution < 1.29 is 14.9 Å². The number of phenols is 1. The highest BCUT2D eigenvalue weighted by Crippen LogP contribution is 2.42. The molecule has 18 heavy (non-hydrogen) atoms. The predicted molar refractivity (Wildman–Crippen MR) is 66.7 cm³/mol. The first-order valence-corrected chi connectivity index (χ1v) is 6.34. The summed E-state index contributed by atoms with van der Waals surface area (Å²) in [5.41, 5.74) is 0.879. The van der Waals surface area contributed by atoms with Gasteiger partial charge in [-0.15, -0.1) is 0 Å². The maximum Gasteiger partial charge on any atom is 0.307 e. The highest BCUT2D eigenvalue weighted by molar-refractivity contribution is 7.09. The van der Waals surface area contributed by atoms with Crippen LogP contribution in [0.4, 0.5) is 0 Å². The highest BCUT2D eigenvalue weighted by atomic mass is 32.1. The Morgan fingerprint density at radius 1 is 1.39 bits per heavy atom. The monoisotopic (exact) mass is 265 g/mol. The maximum atomic E-state index is 11.3. The van der Waals surface area contributed by atoms with Crippen molar-refractivity contribution in [2.75, 3.05) is 6.61 Å². The molecule has 0 amide bonds. The predicted octanol–water partition coefficient (Wildman–Crippen LogP) is 1.76. The number of fused-ring (bicyclic) bond motifs is 1. The molecule has 6 heteroatoms. The summed E-state index contributed by atoms with van der Waals surface area (Å²) < 4.78 is 5.48. The van der Waals surface area contributed by atoms with Gasteiger partial charge in [0, 0.05) is 17.5 Å². The van der Waals surface area contributed by atoms with E-state index in [4.69, 9.17) is 4.74 Å². The molecule has 3 N–H and O–H groups in total. The van der Waals surface area contributed by atoms with Crippen molar-refractivity contribution >= 4 is 11.3 Å². The van der Waals surface area contributed by atoms with Crippen LogP contribution in [0.1, 0.15) is 22.8 Å². The van der Waals surface area contributed by atoms with Gasteiger partial charge >= 0.3 is 4.87 Å². The van der Waals surface area contributed by atoms with E-state index in [1.54, 1.807) is 18.2 Å². The van der Waals surface area contributed by atoms with Gasteiger partial charge in [0.2, 0.25) is 5.88 Å². The number of thiazole rings is 1. The molecule has 5 nitrogen and oxygen atoms in total. The first-order valence-electron chi connectivity index (χ1n) is 5.53. The standard InChI is InChI=1S/C12H11NO4S/c14-6-1-2-7-8(3-4-17-9(7)5-6)10-11(15)13-12(16)18-10/h1-2,5,8,14-15H,3-4H2,(H,13,16)/t8-/m1/s1. The van der Waals surface area contributed by atoms with Crippen LogP contribution in [0.15, 0.2) is 23.0 Å². The summed E-state index contributed by atoms with van der Waals surface area (Å²) in [6.45, 7) is 0.493. The van der Waals surface area contributed by atoms with E-state index in [-0.39, 0.29) is 22.4 Å². The van der Waals surface area contributed by atoms with Crippen LogP contribution in [0.5, 0.6) is 17.4 Å². The van der Waals surface area contributed by atoms with E-state index in [2.05, 4.69) is 4.98 Å². The Morgan fingerprint density at radius 3 is 2.94 bits per heavy atom. The fourth-order valence-corrected chi connectivity index (χ4v) is 3.10. The van der Waals surface area contributed by atoms with Gasteiger partial charge in [-0.25, -0.2) is 0 Å². The molecule has 94 valence electrons. The summed E-state index contributed by atoms with van der Waals surface area (Å²) in [6.07, 6.45) is 0.694. The number of hydrogen-bond donors (Lipinski definition) is 3. The van der Waals surface area contributed by atoms with Crippen molar-refractivity contribution in [2.24, 2.45) is 0 Å². The molecule has 0 bridgehead atoms. The second-order valence-corrected chi connectivity index (χ2v) is 5.15. The number of aromatic hydroxyl groups is 2. The molecule has 0 aliphatic carbocycles. The van der Waals surface area contributed by atoms with Gasteiger partial charge in [0.25, 0.3) is 0 Å². The number of aromatic amines is 1. The van der Waals surface area contributed by atoms with Crippen LogP contribution in [0, 0.1) is 0 Å². The number of H-pyrrole nitrogens is 1. The zero-order chi connectivity index (χ0) is 12.7. The number of hydrogen-bond acceptors (Lipinski definition) is 5. The first kappa shape index (κ1) is 11.2. The third kappa shape index (κ3) is 1.74. The lowest BCUT2D eigenvalue weighted by molar-refractivity contribution is 0.274. The van der Waals surface area contributed by atoms with E-state index in [0.717, 1.165) is 16.9 Å². The molecule has 1 atom stereocenters. The summed E-state index contributed by atoms with van der Waals surface area (Å²) >= 11 is 1.01. The van der Waals surface area contributed by atoms with E-state index in [1.807, 2.05) is 0 Å². The summed E-state index contributed by atoms with van der Waals surface area (Å²) in [7, 11) is 0.